The molecule has 0 spiro atoms. The number of hydrogen-bond acceptors (Lipinski definition) is 2. The van der Waals surface area contributed by atoms with Gasteiger partial charge in [-0.3, -0.25) is 0 Å². The Morgan fingerprint density at radius 3 is 1.75 bits per heavy atom. The zero-order valence-electron chi connectivity index (χ0n) is 1.63. The van der Waals surface area contributed by atoms with Crippen LogP contribution in [0.1, 0.15) is 0 Å². The fourth-order valence-corrected chi connectivity index (χ4v) is 0. The van der Waals surface area contributed by atoms with Crippen LogP contribution in [0, 0.1) is 0 Å². The molecule has 0 aliphatic rings. The first-order valence-electron chi connectivity index (χ1n) is 0.408. The number of rotatable bonds is 0. The van der Waals surface area contributed by atoms with E-state index in [1.807, 2.05) is 0 Å². The van der Waals surface area contributed by atoms with E-state index in [0.717, 1.165) is 5.23 Å². The van der Waals surface area contributed by atoms with Gasteiger partial charge in [0.05, 0.1) is 0 Å². The smallest absolute Gasteiger partial charge is 0.202 e. The first-order valence-corrected chi connectivity index (χ1v) is 0.816. The van der Waals surface area contributed by atoms with Crippen molar-refractivity contribution in [2.75, 3.05) is 0 Å². The van der Waals surface area contributed by atoms with Crippen LogP contribution in [0.5, 0.6) is 0 Å². The third kappa shape index (κ3) is 44.5. The number of carbonyl (C=O) groups excluding carboxylic acids is 1. The van der Waals surface area contributed by atoms with Gasteiger partial charge in [0, 0.05) is 28.7 Å². The molecule has 0 aliphatic heterocycles. The second-order valence-corrected chi connectivity index (χ2v) is 0.250. The van der Waals surface area contributed by atoms with Gasteiger partial charge in [-0.15, -0.1) is 0 Å². The van der Waals surface area contributed by atoms with Crippen molar-refractivity contribution in [2.45, 2.75) is 0 Å². The molecule has 0 aliphatic carbocycles. The van der Waals surface area contributed by atoms with Crippen LogP contribution in [0.15, 0.2) is 0 Å². The zero-order chi connectivity index (χ0) is 2.71. The van der Waals surface area contributed by atoms with Crippen molar-refractivity contribution in [1.82, 2.24) is 0 Å². The normalized spacial score (nSPS) is 2.00. The van der Waals surface area contributed by atoms with E-state index >= 15 is 0 Å². The van der Waals surface area contributed by atoms with Crippen molar-refractivity contribution in [3.8, 4) is 0 Å². The molecule has 26 valence electrons. The molecule has 0 saturated heterocycles. The van der Waals surface area contributed by atoms with Crippen LogP contribution >= 0.6 is 12.2 Å². The van der Waals surface area contributed by atoms with Crippen LogP contribution in [0.3, 0.4) is 0 Å². The molecule has 1 nitrogen and oxygen atoms in total. The maximum atomic E-state index is 8.50. The van der Waals surface area contributed by atoms with E-state index in [1.54, 1.807) is 0 Å². The summed E-state index contributed by atoms with van der Waals surface area (Å²) in [4.78, 5) is 8.50. The third-order valence-electron chi connectivity index (χ3n) is 0. The van der Waals surface area contributed by atoms with Crippen molar-refractivity contribution in [2.24, 2.45) is 0 Å². The Kier molecular flexibility index (Phi) is 22.9. The second-order valence-electron chi connectivity index (χ2n) is 0.0833. The van der Waals surface area contributed by atoms with Gasteiger partial charge in [0.1, 0.15) is 0 Å². The Hall–Kier alpha value is 0.294. The van der Waals surface area contributed by atoms with E-state index < -0.39 is 0 Å². The van der Waals surface area contributed by atoms with Gasteiger partial charge in [-0.1, -0.05) is 0 Å². The van der Waals surface area contributed by atoms with E-state index in [-0.39, 0.29) is 16.5 Å². The molecule has 0 fully saturated rings. The van der Waals surface area contributed by atoms with Crippen LogP contribution in [0.2, 0.25) is 0 Å². The third-order valence-corrected chi connectivity index (χ3v) is 0. The fraction of sp³-hybridized carbons (Fsp3) is 0. The molecule has 0 N–H and O–H groups in total. The van der Waals surface area contributed by atoms with Crippen molar-refractivity contribution in [1.29, 1.82) is 0 Å². The van der Waals surface area contributed by atoms with Gasteiger partial charge in [0.25, 0.3) is 0 Å². The van der Waals surface area contributed by atoms with Gasteiger partial charge in [-0.25, -0.2) is 4.79 Å². The SMILES string of the molecule is O=C=S.[Ni]. The van der Waals surface area contributed by atoms with E-state index in [9.17, 15) is 0 Å². The molecule has 0 heterocycles. The fourth-order valence-electron chi connectivity index (χ4n) is 0. The van der Waals surface area contributed by atoms with Crippen molar-refractivity contribution in [3.63, 3.8) is 0 Å². The molecule has 0 aromatic heterocycles. The number of hydrogen-bond donors (Lipinski definition) is 0. The molecule has 0 atom stereocenters. The van der Waals surface area contributed by atoms with E-state index in [2.05, 4.69) is 12.2 Å². The van der Waals surface area contributed by atoms with Crippen molar-refractivity contribution in [3.05, 3.63) is 0 Å². The van der Waals surface area contributed by atoms with Crippen molar-refractivity contribution >= 4 is 17.5 Å². The topological polar surface area (TPSA) is 17.1 Å². The quantitative estimate of drug-likeness (QED) is 0.335. The van der Waals surface area contributed by atoms with E-state index in [1.165, 1.54) is 0 Å². The number of thiocarbonyl (C=S) groups is 1. The monoisotopic (exact) mass is 118 g/mol. The first kappa shape index (κ1) is 8.85. The van der Waals surface area contributed by atoms with Gasteiger partial charge in [0.15, 0.2) is 0 Å². The Morgan fingerprint density at radius 2 is 1.75 bits per heavy atom. The predicted molar refractivity (Wildman–Crippen MR) is 13.3 cm³/mol. The molecule has 0 radical (unpaired) electrons. The summed E-state index contributed by atoms with van der Waals surface area (Å²) < 4.78 is 0. The molecule has 0 bridgehead atoms. The molecule has 0 saturated carbocycles. The standard InChI is InChI=1S/COS.Ni/c2-1-3;. The van der Waals surface area contributed by atoms with Crippen molar-refractivity contribution < 1.29 is 21.3 Å². The van der Waals surface area contributed by atoms with E-state index in [4.69, 9.17) is 4.79 Å². The van der Waals surface area contributed by atoms with Crippen LogP contribution in [-0.4, -0.2) is 5.23 Å². The minimum absolute atomic E-state index is 0. The summed E-state index contributed by atoms with van der Waals surface area (Å²) in [6.07, 6.45) is 0. The van der Waals surface area contributed by atoms with Crippen LogP contribution in [0.4, 0.5) is 0 Å². The molecular formula is CNiOS. The molecule has 3 heteroatoms. The minimum Gasteiger partial charge on any atom is -0.220 e. The summed E-state index contributed by atoms with van der Waals surface area (Å²) in [7, 11) is 0. The van der Waals surface area contributed by atoms with E-state index in [0.29, 0.717) is 0 Å². The molecule has 0 amide bonds. The Balaban J connectivity index is 0. The molecule has 0 aromatic carbocycles. The Bertz CT molecular complexity index is 29.0. The molecule has 0 rings (SSSR count). The van der Waals surface area contributed by atoms with Gasteiger partial charge in [-0.05, 0) is 0 Å². The maximum absolute atomic E-state index is 8.50. The molecule has 0 unspecified atom stereocenters. The van der Waals surface area contributed by atoms with Gasteiger partial charge >= 0.3 is 0 Å². The summed E-state index contributed by atoms with van der Waals surface area (Å²) in [5.41, 5.74) is 0. The first-order chi connectivity index (χ1) is 1.41. The van der Waals surface area contributed by atoms with Gasteiger partial charge in [-0.2, -0.15) is 0 Å². The molecular weight excluding hydrogens is 119 g/mol. The Morgan fingerprint density at radius 1 is 1.75 bits per heavy atom. The molecule has 4 heavy (non-hydrogen) atoms. The van der Waals surface area contributed by atoms with Crippen LogP contribution in [-0.2, 0) is 21.3 Å². The predicted octanol–water partition coefficient (Wildman–Crippen LogP) is 0.249. The average Bonchev–Trinajstić information content (AvgIpc) is 0.918. The van der Waals surface area contributed by atoms with Crippen LogP contribution in [0.25, 0.3) is 0 Å². The summed E-state index contributed by atoms with van der Waals surface area (Å²) >= 11 is 3.59. The largest absolute Gasteiger partial charge is 0.220 e. The maximum Gasteiger partial charge on any atom is 0.202 e. The summed E-state index contributed by atoms with van der Waals surface area (Å²) in [5.74, 6) is 0. The summed E-state index contributed by atoms with van der Waals surface area (Å²) in [6.45, 7) is 0. The summed E-state index contributed by atoms with van der Waals surface area (Å²) in [5, 5.41) is 1.08. The Labute approximate surface area is 39.3 Å². The zero-order valence-corrected chi connectivity index (χ0v) is 3.44. The van der Waals surface area contributed by atoms with Crippen LogP contribution < -0.4 is 0 Å². The van der Waals surface area contributed by atoms with Gasteiger partial charge < -0.3 is 0 Å². The second kappa shape index (κ2) is 10.4. The minimum atomic E-state index is 0. The van der Waals surface area contributed by atoms with Gasteiger partial charge in [0.2, 0.25) is 5.23 Å². The average molecular weight is 119 g/mol. The molecule has 0 aromatic rings. The summed E-state index contributed by atoms with van der Waals surface area (Å²) in [6, 6.07) is 0.